The van der Waals surface area contributed by atoms with Crippen LogP contribution in [-0.4, -0.2) is 47.4 Å². The number of benzene rings is 1. The molecule has 0 unspecified atom stereocenters. The number of hydrogen-bond acceptors (Lipinski definition) is 4. The molecule has 1 aromatic carbocycles. The fourth-order valence-corrected chi connectivity index (χ4v) is 3.21. The second-order valence-electron chi connectivity index (χ2n) is 6.95. The Hall–Kier alpha value is -3.63. The number of carbonyl (C=O) groups is 2. The number of hydrogen-bond donors (Lipinski definition) is 1. The van der Waals surface area contributed by atoms with Crippen molar-refractivity contribution < 1.29 is 27.9 Å². The molecular formula is C20H20F3N5O3. The van der Waals surface area contributed by atoms with Gasteiger partial charge in [0.05, 0.1) is 37.2 Å². The summed E-state index contributed by atoms with van der Waals surface area (Å²) in [6.07, 6.45) is 0.834. The Morgan fingerprint density at radius 1 is 1.16 bits per heavy atom. The summed E-state index contributed by atoms with van der Waals surface area (Å²) in [5.41, 5.74) is 4.37. The fraction of sp³-hybridized carbons (Fsp3) is 0.300. The van der Waals surface area contributed by atoms with Crippen molar-refractivity contribution in [2.75, 3.05) is 0 Å². The molecule has 0 fully saturated rings. The molecule has 3 heterocycles. The lowest BCUT2D eigenvalue weighted by Gasteiger charge is -2.16. The summed E-state index contributed by atoms with van der Waals surface area (Å²) in [5, 5.41) is 11.7. The fourth-order valence-electron chi connectivity index (χ4n) is 3.21. The van der Waals surface area contributed by atoms with Crippen LogP contribution in [-0.2, 0) is 42.7 Å². The lowest BCUT2D eigenvalue weighted by atomic mass is 10.1. The summed E-state index contributed by atoms with van der Waals surface area (Å²) in [4.78, 5) is 27.5. The number of amides is 1. The number of fused-ring (bicyclic) bond motifs is 1. The SMILES string of the molecule is Cn1nc(Cn2ccnc2)c2c1CN(C(=O)Cc1ccccc1)C2.O=C(O)C(F)(F)F. The largest absolute Gasteiger partial charge is 0.490 e. The van der Waals surface area contributed by atoms with Crippen molar-refractivity contribution in [2.45, 2.75) is 32.2 Å². The molecule has 4 rings (SSSR count). The van der Waals surface area contributed by atoms with Gasteiger partial charge < -0.3 is 14.6 Å². The number of carboxylic acids is 1. The van der Waals surface area contributed by atoms with E-state index >= 15 is 0 Å². The molecule has 0 saturated carbocycles. The zero-order valence-corrected chi connectivity index (χ0v) is 16.6. The molecule has 0 saturated heterocycles. The molecule has 2 aromatic heterocycles. The molecule has 31 heavy (non-hydrogen) atoms. The van der Waals surface area contributed by atoms with Gasteiger partial charge in [-0.05, 0) is 5.56 Å². The van der Waals surface area contributed by atoms with Crippen molar-refractivity contribution in [3.63, 3.8) is 0 Å². The summed E-state index contributed by atoms with van der Waals surface area (Å²) in [6.45, 7) is 1.96. The minimum absolute atomic E-state index is 0.158. The van der Waals surface area contributed by atoms with Gasteiger partial charge in [0.15, 0.2) is 0 Å². The lowest BCUT2D eigenvalue weighted by molar-refractivity contribution is -0.192. The van der Waals surface area contributed by atoms with E-state index in [0.29, 0.717) is 26.1 Å². The second-order valence-corrected chi connectivity index (χ2v) is 6.95. The van der Waals surface area contributed by atoms with Crippen LogP contribution in [0.1, 0.15) is 22.5 Å². The van der Waals surface area contributed by atoms with Crippen molar-refractivity contribution in [2.24, 2.45) is 7.05 Å². The van der Waals surface area contributed by atoms with E-state index in [4.69, 9.17) is 9.90 Å². The van der Waals surface area contributed by atoms with Crippen LogP contribution >= 0.6 is 0 Å². The molecule has 0 aliphatic carbocycles. The highest BCUT2D eigenvalue weighted by Gasteiger charge is 2.38. The van der Waals surface area contributed by atoms with Crippen molar-refractivity contribution in [1.82, 2.24) is 24.2 Å². The minimum Gasteiger partial charge on any atom is -0.475 e. The molecule has 1 amide bonds. The number of halogens is 3. The molecule has 0 radical (unpaired) electrons. The minimum atomic E-state index is -5.08. The smallest absolute Gasteiger partial charge is 0.475 e. The van der Waals surface area contributed by atoms with Crippen molar-refractivity contribution in [1.29, 1.82) is 0 Å². The normalized spacial score (nSPS) is 12.8. The summed E-state index contributed by atoms with van der Waals surface area (Å²) >= 11 is 0. The first-order valence-corrected chi connectivity index (χ1v) is 9.26. The summed E-state index contributed by atoms with van der Waals surface area (Å²) in [6, 6.07) is 9.89. The first-order chi connectivity index (χ1) is 14.6. The molecule has 1 N–H and O–H groups in total. The Bertz CT molecular complexity index is 1050. The molecule has 8 nitrogen and oxygen atoms in total. The van der Waals surface area contributed by atoms with Crippen LogP contribution < -0.4 is 0 Å². The van der Waals surface area contributed by atoms with E-state index in [2.05, 4.69) is 10.1 Å². The first-order valence-electron chi connectivity index (χ1n) is 9.26. The van der Waals surface area contributed by atoms with E-state index in [1.807, 2.05) is 57.7 Å². The summed E-state index contributed by atoms with van der Waals surface area (Å²) in [5.74, 6) is -2.60. The second kappa shape index (κ2) is 9.02. The molecule has 0 spiro atoms. The Morgan fingerprint density at radius 2 is 1.84 bits per heavy atom. The van der Waals surface area contributed by atoms with Crippen LogP contribution in [0.3, 0.4) is 0 Å². The number of imidazole rings is 1. The van der Waals surface area contributed by atoms with E-state index < -0.39 is 12.1 Å². The zero-order valence-electron chi connectivity index (χ0n) is 16.6. The molecule has 0 bridgehead atoms. The van der Waals surface area contributed by atoms with Gasteiger partial charge in [0.1, 0.15) is 0 Å². The molecule has 1 aliphatic rings. The topological polar surface area (TPSA) is 93.3 Å². The third-order valence-corrected chi connectivity index (χ3v) is 4.73. The Morgan fingerprint density at radius 3 is 2.42 bits per heavy atom. The monoisotopic (exact) mass is 435 g/mol. The van der Waals surface area contributed by atoms with Crippen LogP contribution in [0.15, 0.2) is 49.1 Å². The number of aryl methyl sites for hydroxylation is 1. The Kier molecular flexibility index (Phi) is 6.42. The highest BCUT2D eigenvalue weighted by molar-refractivity contribution is 5.79. The van der Waals surface area contributed by atoms with Gasteiger partial charge in [0.2, 0.25) is 5.91 Å². The van der Waals surface area contributed by atoms with Crippen LogP contribution in [0.4, 0.5) is 13.2 Å². The standard InChI is InChI=1S/C18H19N5O.C2HF3O2/c1-21-17-12-23(18(24)9-14-5-3-2-4-6-14)10-15(17)16(20-21)11-22-8-7-19-13-22;3-2(4,5)1(6)7/h2-8,13H,9-12H2,1H3;(H,6,7). The van der Waals surface area contributed by atoms with Gasteiger partial charge in [-0.2, -0.15) is 18.3 Å². The van der Waals surface area contributed by atoms with Gasteiger partial charge in [-0.25, -0.2) is 9.78 Å². The number of carbonyl (C=O) groups excluding carboxylic acids is 1. The van der Waals surface area contributed by atoms with E-state index in [1.165, 1.54) is 5.56 Å². The maximum atomic E-state index is 12.6. The molecule has 164 valence electrons. The lowest BCUT2D eigenvalue weighted by Crippen LogP contribution is -2.28. The van der Waals surface area contributed by atoms with Crippen LogP contribution in [0, 0.1) is 0 Å². The maximum Gasteiger partial charge on any atom is 0.490 e. The van der Waals surface area contributed by atoms with Crippen LogP contribution in [0.25, 0.3) is 0 Å². The van der Waals surface area contributed by atoms with Crippen LogP contribution in [0.5, 0.6) is 0 Å². The van der Waals surface area contributed by atoms with Crippen molar-refractivity contribution in [3.05, 3.63) is 71.6 Å². The highest BCUT2D eigenvalue weighted by atomic mass is 19.4. The molecule has 0 atom stereocenters. The third kappa shape index (κ3) is 5.50. The van der Waals surface area contributed by atoms with Gasteiger partial charge >= 0.3 is 12.1 Å². The van der Waals surface area contributed by atoms with E-state index in [-0.39, 0.29) is 5.91 Å². The maximum absolute atomic E-state index is 12.6. The van der Waals surface area contributed by atoms with E-state index in [1.54, 1.807) is 12.5 Å². The first kappa shape index (κ1) is 22.1. The van der Waals surface area contributed by atoms with Gasteiger partial charge in [-0.15, -0.1) is 0 Å². The average molecular weight is 435 g/mol. The number of rotatable bonds is 4. The van der Waals surface area contributed by atoms with E-state index in [0.717, 1.165) is 17.0 Å². The number of alkyl halides is 3. The predicted molar refractivity (Wildman–Crippen MR) is 103 cm³/mol. The molecular weight excluding hydrogens is 415 g/mol. The molecule has 3 aromatic rings. The van der Waals surface area contributed by atoms with Gasteiger partial charge in [0, 0.05) is 31.5 Å². The number of carboxylic acid groups (broad SMARTS) is 1. The van der Waals surface area contributed by atoms with Crippen LogP contribution in [0.2, 0.25) is 0 Å². The van der Waals surface area contributed by atoms with Gasteiger partial charge in [-0.3, -0.25) is 9.48 Å². The number of aliphatic carboxylic acids is 1. The number of aromatic nitrogens is 4. The quantitative estimate of drug-likeness (QED) is 0.679. The summed E-state index contributed by atoms with van der Waals surface area (Å²) in [7, 11) is 1.95. The van der Waals surface area contributed by atoms with Crippen molar-refractivity contribution >= 4 is 11.9 Å². The summed E-state index contributed by atoms with van der Waals surface area (Å²) < 4.78 is 35.6. The zero-order chi connectivity index (χ0) is 22.6. The molecule has 11 heteroatoms. The third-order valence-electron chi connectivity index (χ3n) is 4.73. The predicted octanol–water partition coefficient (Wildman–Crippen LogP) is 2.38. The Labute approximate surface area is 175 Å². The molecule has 1 aliphatic heterocycles. The van der Waals surface area contributed by atoms with Crippen molar-refractivity contribution in [3.8, 4) is 0 Å². The van der Waals surface area contributed by atoms with Gasteiger partial charge in [-0.1, -0.05) is 30.3 Å². The van der Waals surface area contributed by atoms with E-state index in [9.17, 15) is 18.0 Å². The Balaban J connectivity index is 0.000000339. The highest BCUT2D eigenvalue weighted by Crippen LogP contribution is 2.26. The average Bonchev–Trinajstić information content (AvgIpc) is 3.42. The van der Waals surface area contributed by atoms with Gasteiger partial charge in [0.25, 0.3) is 0 Å². The number of nitrogens with zero attached hydrogens (tertiary/aromatic N) is 5.